The van der Waals surface area contributed by atoms with E-state index < -0.39 is 5.97 Å². The summed E-state index contributed by atoms with van der Waals surface area (Å²) in [6, 6.07) is 8.79. The van der Waals surface area contributed by atoms with Gasteiger partial charge >= 0.3 is 0 Å². The van der Waals surface area contributed by atoms with E-state index in [-0.39, 0.29) is 5.56 Å². The van der Waals surface area contributed by atoms with Crippen molar-refractivity contribution in [1.82, 2.24) is 9.97 Å². The molecule has 0 saturated carbocycles. The molecule has 0 spiro atoms. The van der Waals surface area contributed by atoms with Crippen LogP contribution in [0.5, 0.6) is 0 Å². The average molecular weight is 372 g/mol. The van der Waals surface area contributed by atoms with Crippen LogP contribution in [-0.2, 0) is 10.5 Å². The Morgan fingerprint density at radius 1 is 1.23 bits per heavy atom. The molecule has 3 rings (SSSR count). The Morgan fingerprint density at radius 2 is 1.92 bits per heavy atom. The number of carboxylic acids is 1. The Balaban J connectivity index is 1.75. The third kappa shape index (κ3) is 4.74. The molecule has 1 aromatic carbocycles. The van der Waals surface area contributed by atoms with Gasteiger partial charge in [-0.15, -0.1) is 0 Å². The lowest BCUT2D eigenvalue weighted by molar-refractivity contribution is -0.255. The zero-order valence-corrected chi connectivity index (χ0v) is 15.8. The first-order valence-electron chi connectivity index (χ1n) is 8.67. The lowest BCUT2D eigenvalue weighted by Gasteiger charge is -2.28. The molecule has 0 aliphatic carbocycles. The molecule has 6 nitrogen and oxygen atoms in total. The second-order valence-electron chi connectivity index (χ2n) is 6.46. The second-order valence-corrected chi connectivity index (χ2v) is 7.40. The predicted octanol–water partition coefficient (Wildman–Crippen LogP) is 2.09. The van der Waals surface area contributed by atoms with Gasteiger partial charge in [-0.25, -0.2) is 9.97 Å². The van der Waals surface area contributed by atoms with Gasteiger partial charge in [0.25, 0.3) is 0 Å². The Kier molecular flexibility index (Phi) is 6.11. The van der Waals surface area contributed by atoms with Crippen molar-refractivity contribution < 1.29 is 14.6 Å². The molecule has 1 aliphatic rings. The molecular formula is C19H22N3O3S-. The number of ether oxygens (including phenoxy) is 1. The summed E-state index contributed by atoms with van der Waals surface area (Å²) in [7, 11) is 0. The van der Waals surface area contributed by atoms with Gasteiger partial charge in [0, 0.05) is 30.6 Å². The third-order valence-electron chi connectivity index (χ3n) is 4.20. The summed E-state index contributed by atoms with van der Waals surface area (Å²) in [6.45, 7) is 7.35. The van der Waals surface area contributed by atoms with Crippen molar-refractivity contribution in [1.29, 1.82) is 0 Å². The fourth-order valence-electron chi connectivity index (χ4n) is 2.63. The van der Waals surface area contributed by atoms with Crippen LogP contribution in [0.2, 0.25) is 0 Å². The number of thioether (sulfide) groups is 1. The van der Waals surface area contributed by atoms with Crippen molar-refractivity contribution >= 4 is 23.5 Å². The van der Waals surface area contributed by atoms with E-state index in [1.54, 1.807) is 36.0 Å². The zero-order chi connectivity index (χ0) is 18.5. The summed E-state index contributed by atoms with van der Waals surface area (Å²) in [5, 5.41) is 11.6. The molecule has 0 amide bonds. The van der Waals surface area contributed by atoms with Gasteiger partial charge in [-0.1, -0.05) is 49.9 Å². The van der Waals surface area contributed by atoms with Crippen molar-refractivity contribution in [3.63, 3.8) is 0 Å². The standard InChI is InChI=1S/C19H23N3O3S/c1-13(2)16-11-17(22-7-9-25-10-8-22)21-19(20-16)26-12-14-3-5-15(6-4-14)18(23)24/h3-6,11,13H,7-10,12H2,1-2H3,(H,23,24)/p-1. The van der Waals surface area contributed by atoms with E-state index in [1.165, 1.54) is 0 Å². The summed E-state index contributed by atoms with van der Waals surface area (Å²) in [5.41, 5.74) is 2.23. The molecule has 138 valence electrons. The first-order chi connectivity index (χ1) is 12.5. The van der Waals surface area contributed by atoms with E-state index in [0.29, 0.717) is 24.9 Å². The van der Waals surface area contributed by atoms with Gasteiger partial charge < -0.3 is 19.5 Å². The quantitative estimate of drug-likeness (QED) is 0.567. The van der Waals surface area contributed by atoms with Crippen LogP contribution in [0, 0.1) is 0 Å². The van der Waals surface area contributed by atoms with Gasteiger partial charge in [-0.2, -0.15) is 0 Å². The number of rotatable bonds is 6. The number of benzene rings is 1. The van der Waals surface area contributed by atoms with Crippen LogP contribution >= 0.6 is 11.8 Å². The fourth-order valence-corrected chi connectivity index (χ4v) is 3.45. The van der Waals surface area contributed by atoms with E-state index in [0.717, 1.165) is 35.3 Å². The Morgan fingerprint density at radius 3 is 2.54 bits per heavy atom. The van der Waals surface area contributed by atoms with Crippen molar-refractivity contribution in [3.05, 3.63) is 47.2 Å². The van der Waals surface area contributed by atoms with Crippen LogP contribution in [-0.4, -0.2) is 42.2 Å². The molecule has 0 bridgehead atoms. The molecule has 0 unspecified atom stereocenters. The maximum atomic E-state index is 10.8. The number of carbonyl (C=O) groups excluding carboxylic acids is 1. The number of morpholine rings is 1. The van der Waals surface area contributed by atoms with Gasteiger partial charge in [0.1, 0.15) is 5.82 Å². The van der Waals surface area contributed by atoms with Gasteiger partial charge in [0.2, 0.25) is 0 Å². The monoisotopic (exact) mass is 372 g/mol. The second kappa shape index (κ2) is 8.51. The van der Waals surface area contributed by atoms with E-state index in [4.69, 9.17) is 9.72 Å². The number of nitrogens with zero attached hydrogens (tertiary/aromatic N) is 3. The first kappa shape index (κ1) is 18.7. The molecule has 7 heteroatoms. The highest BCUT2D eigenvalue weighted by Crippen LogP contribution is 2.26. The van der Waals surface area contributed by atoms with Gasteiger partial charge in [-0.3, -0.25) is 0 Å². The number of hydrogen-bond acceptors (Lipinski definition) is 7. The van der Waals surface area contributed by atoms with Crippen LogP contribution in [0.25, 0.3) is 0 Å². The number of carboxylic acid groups (broad SMARTS) is 1. The molecule has 2 aromatic rings. The largest absolute Gasteiger partial charge is 0.545 e. The summed E-state index contributed by atoms with van der Waals surface area (Å²) < 4.78 is 5.42. The van der Waals surface area contributed by atoms with Crippen LogP contribution in [0.3, 0.4) is 0 Å². The topological polar surface area (TPSA) is 78.4 Å². The maximum absolute atomic E-state index is 10.8. The SMILES string of the molecule is CC(C)c1cc(N2CCOCC2)nc(SCc2ccc(C(=O)[O-])cc2)n1. The smallest absolute Gasteiger partial charge is 0.190 e. The highest BCUT2D eigenvalue weighted by atomic mass is 32.2. The number of hydrogen-bond donors (Lipinski definition) is 0. The van der Waals surface area contributed by atoms with Crippen LogP contribution in [0.15, 0.2) is 35.5 Å². The molecule has 1 fully saturated rings. The van der Waals surface area contributed by atoms with Crippen molar-refractivity contribution in [2.75, 3.05) is 31.2 Å². The normalized spacial score (nSPS) is 14.7. The fraction of sp³-hybridized carbons (Fsp3) is 0.421. The molecule has 26 heavy (non-hydrogen) atoms. The summed E-state index contributed by atoms with van der Waals surface area (Å²) in [5.74, 6) is 0.783. The van der Waals surface area contributed by atoms with Crippen molar-refractivity contribution in [2.24, 2.45) is 0 Å². The minimum atomic E-state index is -1.16. The lowest BCUT2D eigenvalue weighted by atomic mass is 10.1. The molecule has 0 atom stereocenters. The molecule has 0 radical (unpaired) electrons. The van der Waals surface area contributed by atoms with Gasteiger partial charge in [0.05, 0.1) is 19.2 Å². The predicted molar refractivity (Wildman–Crippen MR) is 99.5 cm³/mol. The van der Waals surface area contributed by atoms with E-state index in [2.05, 4.69) is 29.8 Å². The van der Waals surface area contributed by atoms with E-state index in [9.17, 15) is 9.90 Å². The molecule has 0 N–H and O–H groups in total. The van der Waals surface area contributed by atoms with E-state index in [1.807, 2.05) is 0 Å². The molecular weight excluding hydrogens is 350 g/mol. The number of carbonyl (C=O) groups is 1. The van der Waals surface area contributed by atoms with Gasteiger partial charge in [-0.05, 0) is 17.0 Å². The summed E-state index contributed by atoms with van der Waals surface area (Å²) >= 11 is 1.55. The maximum Gasteiger partial charge on any atom is 0.190 e. The molecule has 1 aliphatic heterocycles. The minimum Gasteiger partial charge on any atom is -0.545 e. The number of aromatic nitrogens is 2. The third-order valence-corrected chi connectivity index (χ3v) is 5.11. The Labute approximate surface area is 157 Å². The lowest BCUT2D eigenvalue weighted by Crippen LogP contribution is -2.37. The molecule has 1 aromatic heterocycles. The minimum absolute atomic E-state index is 0.186. The molecule has 2 heterocycles. The van der Waals surface area contributed by atoms with Crippen LogP contribution < -0.4 is 10.0 Å². The number of aromatic carboxylic acids is 1. The molecule has 1 saturated heterocycles. The van der Waals surface area contributed by atoms with E-state index >= 15 is 0 Å². The Hall–Kier alpha value is -2.12. The van der Waals surface area contributed by atoms with Crippen molar-refractivity contribution in [3.8, 4) is 0 Å². The first-order valence-corrected chi connectivity index (χ1v) is 9.66. The average Bonchev–Trinajstić information content (AvgIpc) is 2.67. The zero-order valence-electron chi connectivity index (χ0n) is 15.0. The Bertz CT molecular complexity index is 759. The summed E-state index contributed by atoms with van der Waals surface area (Å²) in [6.07, 6.45) is 0. The van der Waals surface area contributed by atoms with Gasteiger partial charge in [0.15, 0.2) is 5.16 Å². The highest BCUT2D eigenvalue weighted by molar-refractivity contribution is 7.98. The van der Waals surface area contributed by atoms with Crippen LogP contribution in [0.4, 0.5) is 5.82 Å². The van der Waals surface area contributed by atoms with Crippen molar-refractivity contribution in [2.45, 2.75) is 30.7 Å². The van der Waals surface area contributed by atoms with Crippen LogP contribution in [0.1, 0.15) is 41.4 Å². The number of anilines is 1. The highest BCUT2D eigenvalue weighted by Gasteiger charge is 2.16. The summed E-state index contributed by atoms with van der Waals surface area (Å²) in [4.78, 5) is 22.5.